The highest BCUT2D eigenvalue weighted by Gasteiger charge is 2.45. The van der Waals surface area contributed by atoms with Crippen LogP contribution in [0.1, 0.15) is 67.1 Å². The molecule has 0 radical (unpaired) electrons. The summed E-state index contributed by atoms with van der Waals surface area (Å²) in [7, 11) is 5.91. The van der Waals surface area contributed by atoms with Gasteiger partial charge in [-0.3, -0.25) is 22.4 Å². The molecule has 46 heavy (non-hydrogen) atoms. The summed E-state index contributed by atoms with van der Waals surface area (Å²) < 4.78 is 8.60. The Hall–Kier alpha value is -3.23. The Morgan fingerprint density at radius 3 is 2.37 bits per heavy atom. The van der Waals surface area contributed by atoms with Crippen LogP contribution in [0.2, 0.25) is 0 Å². The second-order valence-corrected chi connectivity index (χ2v) is 14.5. The van der Waals surface area contributed by atoms with Crippen molar-refractivity contribution in [2.24, 2.45) is 10.7 Å². The molecule has 250 valence electrons. The van der Waals surface area contributed by atoms with Crippen molar-refractivity contribution in [2.45, 2.75) is 69.8 Å². The third-order valence-electron chi connectivity index (χ3n) is 8.65. The fourth-order valence-electron chi connectivity index (χ4n) is 6.01. The average molecular weight is 746 g/mol. The fraction of sp³-hybridized carbons (Fsp3) is 0.529. The van der Waals surface area contributed by atoms with Crippen LogP contribution in [0.3, 0.4) is 0 Å². The molecular formula is C34H48IN7O4. The molecule has 3 N–H and O–H groups in total. The van der Waals surface area contributed by atoms with Gasteiger partial charge in [0.1, 0.15) is 11.6 Å². The first-order chi connectivity index (χ1) is 21.9. The zero-order valence-corrected chi connectivity index (χ0v) is 29.8. The van der Waals surface area contributed by atoms with Gasteiger partial charge in [0.25, 0.3) is 6.02 Å². The van der Waals surface area contributed by atoms with Crippen molar-refractivity contribution >= 4 is 46.6 Å². The molecule has 2 aliphatic heterocycles. The standard InChI is InChI=1S/C34H48IN7O4/c1-34(2)29(25-12-8-6-9-13-25)46-33(38-34)41-20-21-42(32(45)27(39(3)4)14-10-7-11-19-40(5)35)28(23-41)31(44)37-22-24-15-17-26(18-16-24)30(36)43/h6,8-9,12-13,15-18,27-29H,7,10-11,14,19-23H2,1-5H3,(H2,36,43)(H,37,44)/t27-,28+,29?/m1/s1. The van der Waals surface area contributed by atoms with Crippen molar-refractivity contribution in [2.75, 3.05) is 47.3 Å². The molecule has 11 nitrogen and oxygen atoms in total. The summed E-state index contributed by atoms with van der Waals surface area (Å²) >= 11 is 2.29. The zero-order valence-electron chi connectivity index (χ0n) is 27.6. The van der Waals surface area contributed by atoms with E-state index >= 15 is 0 Å². The first kappa shape index (κ1) is 35.6. The van der Waals surface area contributed by atoms with E-state index in [-0.39, 0.29) is 37.0 Å². The predicted molar refractivity (Wildman–Crippen MR) is 188 cm³/mol. The van der Waals surface area contributed by atoms with Crippen LogP contribution < -0.4 is 11.1 Å². The minimum Gasteiger partial charge on any atom is -0.454 e. The van der Waals surface area contributed by atoms with E-state index in [9.17, 15) is 14.4 Å². The number of unbranched alkanes of at least 4 members (excludes halogenated alkanes) is 2. The van der Waals surface area contributed by atoms with Crippen molar-refractivity contribution in [3.8, 4) is 0 Å². The van der Waals surface area contributed by atoms with E-state index in [0.717, 1.165) is 43.4 Å². The number of amidine groups is 1. The molecule has 3 amide bonds. The molecule has 2 aliphatic rings. The third kappa shape index (κ3) is 9.19. The highest BCUT2D eigenvalue weighted by Crippen LogP contribution is 2.38. The van der Waals surface area contributed by atoms with Gasteiger partial charge in [-0.15, -0.1) is 0 Å². The van der Waals surface area contributed by atoms with Crippen LogP contribution in [0, 0.1) is 0 Å². The van der Waals surface area contributed by atoms with E-state index in [1.807, 2.05) is 68.1 Å². The number of nitrogens with one attached hydrogen (secondary N) is 1. The maximum absolute atomic E-state index is 14.1. The minimum atomic E-state index is -0.744. The lowest BCUT2D eigenvalue weighted by Gasteiger charge is -2.42. The maximum atomic E-state index is 14.1. The lowest BCUT2D eigenvalue weighted by Crippen LogP contribution is -2.64. The number of hydrogen-bond donors (Lipinski definition) is 2. The molecule has 4 rings (SSSR count). The molecule has 1 unspecified atom stereocenters. The van der Waals surface area contributed by atoms with Gasteiger partial charge in [-0.1, -0.05) is 55.3 Å². The van der Waals surface area contributed by atoms with Gasteiger partial charge in [-0.25, -0.2) is 4.99 Å². The number of likely N-dealkylation sites (N-methyl/N-ethyl adjacent to an activating group) is 1. The second-order valence-electron chi connectivity index (χ2n) is 12.9. The number of rotatable bonds is 13. The van der Waals surface area contributed by atoms with Gasteiger partial charge in [-0.2, -0.15) is 0 Å². The highest BCUT2D eigenvalue weighted by molar-refractivity contribution is 14.1. The molecule has 0 bridgehead atoms. The monoisotopic (exact) mass is 745 g/mol. The molecule has 0 aromatic heterocycles. The van der Waals surface area contributed by atoms with E-state index in [1.54, 1.807) is 29.2 Å². The quantitative estimate of drug-likeness (QED) is 0.183. The first-order valence-electron chi connectivity index (χ1n) is 15.9. The van der Waals surface area contributed by atoms with Crippen LogP contribution in [0.25, 0.3) is 0 Å². The molecule has 1 fully saturated rings. The Kier molecular flexibility index (Phi) is 12.4. The second kappa shape index (κ2) is 16.1. The SMILES string of the molecule is CN(I)CCCCC[C@H](C(=O)N1CCN(C2=NC(C)(C)C(c3ccccc3)O2)C[C@H]1C(=O)NCc1ccc(C(N)=O)cc1)N(C)C. The summed E-state index contributed by atoms with van der Waals surface area (Å²) in [5.74, 6) is -0.801. The maximum Gasteiger partial charge on any atom is 0.288 e. The summed E-state index contributed by atoms with van der Waals surface area (Å²) in [6.45, 7) is 6.48. The molecule has 12 heteroatoms. The molecule has 2 heterocycles. The van der Waals surface area contributed by atoms with Crippen molar-refractivity contribution in [1.29, 1.82) is 0 Å². The number of nitrogens with zero attached hydrogens (tertiary/aromatic N) is 5. The third-order valence-corrected chi connectivity index (χ3v) is 9.13. The number of piperazine rings is 1. The number of primary amides is 1. The van der Waals surface area contributed by atoms with Gasteiger partial charge in [-0.05, 0) is 71.1 Å². The van der Waals surface area contributed by atoms with Crippen molar-refractivity contribution in [3.63, 3.8) is 0 Å². The predicted octanol–water partition coefficient (Wildman–Crippen LogP) is 3.59. The van der Waals surface area contributed by atoms with Crippen LogP contribution in [0.5, 0.6) is 0 Å². The number of carbonyl (C=O) groups excluding carboxylic acids is 3. The van der Waals surface area contributed by atoms with E-state index < -0.39 is 17.5 Å². The first-order valence-corrected chi connectivity index (χ1v) is 16.9. The molecule has 2 aromatic carbocycles. The van der Waals surface area contributed by atoms with Crippen LogP contribution in [-0.4, -0.2) is 107 Å². The van der Waals surface area contributed by atoms with Crippen molar-refractivity contribution in [3.05, 3.63) is 71.3 Å². The average Bonchev–Trinajstić information content (AvgIpc) is 3.36. The molecular weight excluding hydrogens is 697 g/mol. The van der Waals surface area contributed by atoms with Gasteiger partial charge in [0.05, 0.1) is 12.6 Å². The number of nitrogens with two attached hydrogens (primary N) is 1. The summed E-state index contributed by atoms with van der Waals surface area (Å²) in [5, 5.41) is 3.03. The highest BCUT2D eigenvalue weighted by atomic mass is 127. The summed E-state index contributed by atoms with van der Waals surface area (Å²) in [4.78, 5) is 50.1. The van der Waals surface area contributed by atoms with Crippen LogP contribution in [-0.2, 0) is 20.9 Å². The summed E-state index contributed by atoms with van der Waals surface area (Å²) in [6, 6.07) is 16.3. The van der Waals surface area contributed by atoms with Crippen LogP contribution in [0.4, 0.5) is 0 Å². The Bertz CT molecular complexity index is 1370. The molecule has 3 atom stereocenters. The fourth-order valence-corrected chi connectivity index (χ4v) is 6.35. The Morgan fingerprint density at radius 2 is 1.74 bits per heavy atom. The van der Waals surface area contributed by atoms with Gasteiger partial charge >= 0.3 is 0 Å². The Morgan fingerprint density at radius 1 is 1.04 bits per heavy atom. The van der Waals surface area contributed by atoms with E-state index in [2.05, 4.69) is 38.3 Å². The largest absolute Gasteiger partial charge is 0.454 e. The van der Waals surface area contributed by atoms with Gasteiger partial charge in [0.15, 0.2) is 6.10 Å². The van der Waals surface area contributed by atoms with E-state index in [4.69, 9.17) is 15.5 Å². The zero-order chi connectivity index (χ0) is 33.4. The Balaban J connectivity index is 1.51. The van der Waals surface area contributed by atoms with Gasteiger partial charge in [0, 0.05) is 54.6 Å². The molecule has 1 saturated heterocycles. The topological polar surface area (TPSA) is 124 Å². The molecule has 0 spiro atoms. The number of aliphatic imine (C=N–C) groups is 1. The lowest BCUT2D eigenvalue weighted by atomic mass is 9.93. The number of carbonyl (C=O) groups is 3. The normalized spacial score (nSPS) is 20.0. The molecule has 0 saturated carbocycles. The summed E-state index contributed by atoms with van der Waals surface area (Å²) in [6.07, 6.45) is 3.50. The number of benzene rings is 2. The number of halogens is 1. The number of amides is 3. The number of ether oxygens (including phenoxy) is 1. The summed E-state index contributed by atoms with van der Waals surface area (Å²) in [5.41, 5.74) is 7.14. The van der Waals surface area contributed by atoms with E-state index in [1.165, 1.54) is 0 Å². The van der Waals surface area contributed by atoms with Crippen molar-refractivity contribution in [1.82, 2.24) is 23.1 Å². The van der Waals surface area contributed by atoms with E-state index in [0.29, 0.717) is 24.7 Å². The lowest BCUT2D eigenvalue weighted by molar-refractivity contribution is -0.147. The minimum absolute atomic E-state index is 0.0432. The Labute approximate surface area is 287 Å². The van der Waals surface area contributed by atoms with Crippen molar-refractivity contribution < 1.29 is 19.1 Å². The van der Waals surface area contributed by atoms with Crippen LogP contribution >= 0.6 is 22.9 Å². The van der Waals surface area contributed by atoms with Crippen LogP contribution in [0.15, 0.2) is 59.6 Å². The van der Waals surface area contributed by atoms with Gasteiger partial charge in [0.2, 0.25) is 17.7 Å². The molecule has 2 aromatic rings. The van der Waals surface area contributed by atoms with Gasteiger partial charge < -0.3 is 25.6 Å². The smallest absolute Gasteiger partial charge is 0.288 e. The molecule has 0 aliphatic carbocycles. The number of hydrogen-bond acceptors (Lipinski definition) is 8.